The lowest BCUT2D eigenvalue weighted by Crippen LogP contribution is -2.61. The Morgan fingerprint density at radius 1 is 0.890 bits per heavy atom. The number of benzene rings is 3. The van der Waals surface area contributed by atoms with Crippen molar-refractivity contribution in [1.82, 2.24) is 39.2 Å². The number of carbonyl (C=O) groups excluding carboxylic acids is 3. The molecule has 0 bridgehead atoms. The number of ether oxygens (including phenoxy) is 2. The van der Waals surface area contributed by atoms with Gasteiger partial charge in [-0.05, 0) is 141 Å². The van der Waals surface area contributed by atoms with Gasteiger partial charge in [0.2, 0.25) is 18.5 Å². The molecular weight excluding hydrogens is 1050 g/mol. The number of aromatic hydroxyl groups is 1. The number of rotatable bonds is 12. The second kappa shape index (κ2) is 20.8. The fraction of sp³-hybridized carbons (Fsp3) is 0.565. The number of pyridine rings is 1. The number of aryl methyl sites for hydroxylation is 2. The van der Waals surface area contributed by atoms with E-state index in [9.17, 15) is 29.4 Å². The number of β-amino-alcohol motifs (C(OH)–C–C–N with tert-alkyl or cyclic N) is 1. The number of imidazole rings is 1. The topological polar surface area (TPSA) is 197 Å². The molecule has 82 heavy (non-hydrogen) atoms. The lowest BCUT2D eigenvalue weighted by Gasteiger charge is -2.55. The molecule has 18 nitrogen and oxygen atoms in total. The molecule has 6 aliphatic heterocycles. The highest BCUT2D eigenvalue weighted by molar-refractivity contribution is 6.02. The van der Waals surface area contributed by atoms with E-state index in [2.05, 4.69) is 27.3 Å². The number of halogens is 2. The van der Waals surface area contributed by atoms with Gasteiger partial charge in [-0.3, -0.25) is 33.5 Å². The van der Waals surface area contributed by atoms with Gasteiger partial charge in [0.15, 0.2) is 5.82 Å². The van der Waals surface area contributed by atoms with Gasteiger partial charge in [0.05, 0.1) is 35.1 Å². The molecule has 1 spiro atoms. The molecule has 13 rings (SSSR count). The molecule has 434 valence electrons. The number of likely N-dealkylation sites (tertiary alicyclic amines) is 2. The lowest BCUT2D eigenvalue weighted by atomic mass is 9.64. The number of fused-ring (bicyclic) bond motifs is 4. The number of piperidine rings is 3. The van der Waals surface area contributed by atoms with Gasteiger partial charge in [-0.1, -0.05) is 19.1 Å². The van der Waals surface area contributed by atoms with Crippen LogP contribution in [-0.4, -0.2) is 150 Å². The van der Waals surface area contributed by atoms with Crippen LogP contribution in [0.1, 0.15) is 127 Å². The number of phenols is 1. The fourth-order valence-corrected chi connectivity index (χ4v) is 16.0. The van der Waals surface area contributed by atoms with E-state index in [1.54, 1.807) is 29.2 Å². The minimum absolute atomic E-state index is 0.0137. The van der Waals surface area contributed by atoms with Crippen LogP contribution in [0.2, 0.25) is 0 Å². The summed E-state index contributed by atoms with van der Waals surface area (Å²) in [5.74, 6) is -0.716. The van der Waals surface area contributed by atoms with Crippen LogP contribution in [0, 0.1) is 23.0 Å². The second-order valence-corrected chi connectivity index (χ2v) is 25.7. The Morgan fingerprint density at radius 3 is 2.39 bits per heavy atom. The number of hydrogen-bond donors (Lipinski definition) is 3. The van der Waals surface area contributed by atoms with Crippen molar-refractivity contribution in [2.75, 3.05) is 77.1 Å². The number of aromatic nitrogens is 5. The van der Waals surface area contributed by atoms with E-state index in [0.29, 0.717) is 94.6 Å². The zero-order valence-electron chi connectivity index (χ0n) is 47.4. The van der Waals surface area contributed by atoms with Gasteiger partial charge in [0.1, 0.15) is 46.8 Å². The number of quaternary nitrogens is 1. The smallest absolute Gasteiger partial charge is 0.414 e. The summed E-state index contributed by atoms with van der Waals surface area (Å²) >= 11 is 0. The number of nitrogens with one attached hydrogen (secondary N) is 1. The molecule has 3 aromatic carbocycles. The molecule has 7 aliphatic rings. The molecule has 1 unspecified atom stereocenters. The lowest BCUT2D eigenvalue weighted by molar-refractivity contribution is -0.966. The van der Waals surface area contributed by atoms with Crippen LogP contribution >= 0.6 is 0 Å². The Labute approximate surface area is 475 Å². The van der Waals surface area contributed by atoms with Crippen molar-refractivity contribution in [2.24, 2.45) is 18.4 Å². The van der Waals surface area contributed by atoms with Gasteiger partial charge in [-0.2, -0.15) is 9.97 Å². The highest BCUT2D eigenvalue weighted by atomic mass is 19.1. The van der Waals surface area contributed by atoms with Crippen LogP contribution in [0.3, 0.4) is 0 Å². The van der Waals surface area contributed by atoms with E-state index in [-0.39, 0.29) is 78.1 Å². The predicted molar refractivity (Wildman–Crippen MR) is 304 cm³/mol. The SMILES string of the molecule is CCc1c(F)ccc2cc(O)cc(-c3ncc4c(N5CCC[C@@](C)(O)C5)nc(OCC56CCC[N+]5(COC(=O)N5CCC(CN7CC8(CCC(c9ccc%10c(c9)n(C)c(=O)n%10C9CCC(=O)NC9=O)CC8)C7)CC5)CCC6)nc4c3F)c12. The summed E-state index contributed by atoms with van der Waals surface area (Å²) in [6, 6.07) is 11.4. The molecular formula is C62H75F2N10O8+. The van der Waals surface area contributed by atoms with Crippen molar-refractivity contribution in [3.05, 3.63) is 81.9 Å². The van der Waals surface area contributed by atoms with E-state index in [4.69, 9.17) is 19.4 Å². The molecule has 2 atom stereocenters. The minimum Gasteiger partial charge on any atom is -0.508 e. The number of nitrogens with zero attached hydrogens (tertiary/aromatic N) is 9. The third-order valence-electron chi connectivity index (χ3n) is 20.4. The molecule has 3 amide bonds. The van der Waals surface area contributed by atoms with Crippen molar-refractivity contribution in [3.63, 3.8) is 0 Å². The Kier molecular flexibility index (Phi) is 13.8. The summed E-state index contributed by atoms with van der Waals surface area (Å²) in [7, 11) is 1.75. The average Bonchev–Trinajstić information content (AvgIpc) is 4.20. The molecule has 1 saturated carbocycles. The first-order valence-corrected chi connectivity index (χ1v) is 29.9. The summed E-state index contributed by atoms with van der Waals surface area (Å²) in [5.41, 5.74) is 1.98. The highest BCUT2D eigenvalue weighted by Crippen LogP contribution is 2.50. The zero-order chi connectivity index (χ0) is 56.9. The van der Waals surface area contributed by atoms with Gasteiger partial charge >= 0.3 is 17.8 Å². The maximum atomic E-state index is 17.4. The van der Waals surface area contributed by atoms with E-state index in [0.717, 1.165) is 108 Å². The van der Waals surface area contributed by atoms with Gasteiger partial charge in [-0.25, -0.2) is 18.4 Å². The predicted octanol–water partition coefficient (Wildman–Crippen LogP) is 8.36. The number of phenolic OH excluding ortho intramolecular Hbond substituents is 1. The molecule has 0 radical (unpaired) electrons. The third kappa shape index (κ3) is 9.53. The van der Waals surface area contributed by atoms with Crippen molar-refractivity contribution >= 4 is 56.4 Å². The number of amides is 3. The first-order chi connectivity index (χ1) is 39.4. The average molecular weight is 1130 g/mol. The molecule has 1 aliphatic carbocycles. The number of imide groups is 1. The van der Waals surface area contributed by atoms with E-state index >= 15 is 8.78 Å². The fourth-order valence-electron chi connectivity index (χ4n) is 16.0. The Bertz CT molecular complexity index is 3590. The van der Waals surface area contributed by atoms with Crippen LogP contribution in [0.5, 0.6) is 11.8 Å². The molecule has 20 heteroatoms. The number of hydrogen-bond acceptors (Lipinski definition) is 13. The van der Waals surface area contributed by atoms with Gasteiger partial charge in [0, 0.05) is 96.7 Å². The van der Waals surface area contributed by atoms with E-state index in [1.165, 1.54) is 30.0 Å². The van der Waals surface area contributed by atoms with Crippen LogP contribution < -0.4 is 20.6 Å². The second-order valence-electron chi connectivity index (χ2n) is 25.7. The molecule has 6 aromatic rings. The number of aliphatic hydroxyl groups is 1. The Balaban J connectivity index is 0.631. The molecule has 3 aromatic heterocycles. The monoisotopic (exact) mass is 1130 g/mol. The summed E-state index contributed by atoms with van der Waals surface area (Å²) in [6.07, 6.45) is 13.3. The highest BCUT2D eigenvalue weighted by Gasteiger charge is 2.60. The van der Waals surface area contributed by atoms with Crippen LogP contribution in [0.25, 0.3) is 44.0 Å². The van der Waals surface area contributed by atoms with E-state index < -0.39 is 29.2 Å². The van der Waals surface area contributed by atoms with Crippen molar-refractivity contribution in [3.8, 4) is 23.0 Å². The standard InChI is InChI=1S/C62H74F2N10O8/c1-4-43-46(63)10-8-41-28-42(75)30-44(51(41)43)53-52(64)54-45(31-65-53)55(72-23-5-18-60(2,80)33-72)68-57(67-54)81-36-62-19-6-26-74(62,27-7-20-62)37-82-59(79)71-24-16-38(17-25-71)32-70-34-61(35-70)21-14-39(15-22-61)40-9-11-47-49(29-40)69(3)58(78)73(47)48-12-13-50(76)66-56(48)77/h8-11,28-31,38-39,48,80H,4-7,12-27,32-37H2,1-3H3,(H-,66,75,76,77)/p+1/t48?,60-,62?,74?/m1/s1. The Hall–Kier alpha value is -6.77. The van der Waals surface area contributed by atoms with E-state index in [1.807, 2.05) is 22.8 Å². The summed E-state index contributed by atoms with van der Waals surface area (Å²) in [4.78, 5) is 72.5. The van der Waals surface area contributed by atoms with Crippen molar-refractivity contribution < 1.29 is 47.3 Å². The minimum atomic E-state index is -1.01. The largest absolute Gasteiger partial charge is 0.508 e. The van der Waals surface area contributed by atoms with Crippen LogP contribution in [-0.2, 0) is 27.8 Å². The molecule has 6 saturated heterocycles. The van der Waals surface area contributed by atoms with Crippen molar-refractivity contribution in [1.29, 1.82) is 0 Å². The maximum absolute atomic E-state index is 17.4. The van der Waals surface area contributed by atoms with Crippen molar-refractivity contribution in [2.45, 2.75) is 133 Å². The molecule has 3 N–H and O–H groups in total. The maximum Gasteiger partial charge on any atom is 0.414 e. The third-order valence-corrected chi connectivity index (χ3v) is 20.4. The van der Waals surface area contributed by atoms with Crippen LogP contribution in [0.4, 0.5) is 19.4 Å². The summed E-state index contributed by atoms with van der Waals surface area (Å²) in [5, 5.41) is 25.8. The quantitative estimate of drug-likeness (QED) is 0.0782. The first kappa shape index (κ1) is 54.5. The number of carbonyl (C=O) groups is 3. The zero-order valence-corrected chi connectivity index (χ0v) is 47.4. The Morgan fingerprint density at radius 2 is 1.66 bits per heavy atom. The number of anilines is 1. The van der Waals surface area contributed by atoms with Crippen LogP contribution in [0.15, 0.2) is 53.5 Å². The van der Waals surface area contributed by atoms with Gasteiger partial charge < -0.3 is 34.4 Å². The van der Waals surface area contributed by atoms with Gasteiger partial charge in [-0.15, -0.1) is 0 Å². The molecule has 9 heterocycles. The summed E-state index contributed by atoms with van der Waals surface area (Å²) < 4.78 is 49.3. The normalized spacial score (nSPS) is 26.2. The van der Waals surface area contributed by atoms with Gasteiger partial charge in [0.25, 0.3) is 0 Å². The first-order valence-electron chi connectivity index (χ1n) is 29.9. The summed E-state index contributed by atoms with van der Waals surface area (Å²) in [6.45, 7) is 11.1. The molecule has 7 fully saturated rings.